The van der Waals surface area contributed by atoms with Crippen LogP contribution in [0.2, 0.25) is 0 Å². The number of carbonyl (C=O) groups is 1. The highest BCUT2D eigenvalue weighted by atomic mass is 32.2. The van der Waals surface area contributed by atoms with E-state index in [0.717, 1.165) is 5.69 Å². The maximum absolute atomic E-state index is 12.7. The normalized spacial score (nSPS) is 11.5. The first-order chi connectivity index (χ1) is 11.8. The quantitative estimate of drug-likeness (QED) is 0.679. The number of hydrogen-bond acceptors (Lipinski definition) is 6. The molecule has 0 aliphatic heterocycles. The monoisotopic (exact) mass is 376 g/mol. The lowest BCUT2D eigenvalue weighted by Gasteiger charge is -2.08. The largest absolute Gasteiger partial charge is 0.355 e. The van der Waals surface area contributed by atoms with E-state index in [9.17, 15) is 13.2 Å². The summed E-state index contributed by atoms with van der Waals surface area (Å²) in [6, 6.07) is 9.64. The number of hydrogen-bond donors (Lipinski definition) is 1. The molecule has 2 heterocycles. The highest BCUT2D eigenvalue weighted by Crippen LogP contribution is 2.34. The molecule has 0 fully saturated rings. The first kappa shape index (κ1) is 17.4. The van der Waals surface area contributed by atoms with Crippen LogP contribution in [-0.2, 0) is 10.0 Å². The predicted octanol–water partition coefficient (Wildman–Crippen LogP) is 4.02. The van der Waals surface area contributed by atoms with E-state index in [1.165, 1.54) is 18.3 Å². The van der Waals surface area contributed by atoms with Crippen molar-refractivity contribution >= 4 is 32.8 Å². The van der Waals surface area contributed by atoms with E-state index in [1.54, 1.807) is 50.2 Å². The van der Waals surface area contributed by atoms with E-state index in [2.05, 4.69) is 9.88 Å². The van der Waals surface area contributed by atoms with Crippen molar-refractivity contribution in [3.8, 4) is 10.6 Å². The summed E-state index contributed by atoms with van der Waals surface area (Å²) in [5.41, 5.74) is 1.65. The molecule has 8 heteroatoms. The van der Waals surface area contributed by atoms with Crippen molar-refractivity contribution in [2.24, 2.45) is 0 Å². The Morgan fingerprint density at radius 2 is 1.84 bits per heavy atom. The average Bonchev–Trinajstić information content (AvgIpc) is 3.13. The average molecular weight is 376 g/mol. The van der Waals surface area contributed by atoms with Crippen molar-refractivity contribution in [3.05, 3.63) is 52.5 Å². The van der Waals surface area contributed by atoms with Crippen molar-refractivity contribution < 1.29 is 17.7 Å². The number of nitrogens with zero attached hydrogens (tertiary/aromatic N) is 1. The van der Waals surface area contributed by atoms with Gasteiger partial charge in [0.1, 0.15) is 4.90 Å². The fourth-order valence-corrected chi connectivity index (χ4v) is 4.92. The van der Waals surface area contributed by atoms with Gasteiger partial charge in [0.25, 0.3) is 10.0 Å². The lowest BCUT2D eigenvalue weighted by molar-refractivity contribution is 0.101. The van der Waals surface area contributed by atoms with Crippen molar-refractivity contribution in [2.45, 2.75) is 25.7 Å². The summed E-state index contributed by atoms with van der Waals surface area (Å²) in [4.78, 5) is 12.8. The highest BCUT2D eigenvalue weighted by Gasteiger charge is 2.22. The maximum Gasteiger partial charge on any atom is 0.263 e. The maximum atomic E-state index is 12.7. The number of benzene rings is 1. The molecule has 25 heavy (non-hydrogen) atoms. The summed E-state index contributed by atoms with van der Waals surface area (Å²) in [6.07, 6.45) is 0. The Labute approximate surface area is 149 Å². The Balaban J connectivity index is 1.89. The lowest BCUT2D eigenvalue weighted by atomic mass is 10.1. The standard InChI is InChI=1S/C17H16N2O4S2/c1-10-8-15(23-18-10)16-9-17(12(3)24-16)25(21,22)19-14-6-4-13(5-7-14)11(2)20/h4-9,19H,1-3H3. The van der Waals surface area contributed by atoms with E-state index in [1.807, 2.05) is 0 Å². The van der Waals surface area contributed by atoms with Gasteiger partial charge in [-0.1, -0.05) is 5.16 Å². The summed E-state index contributed by atoms with van der Waals surface area (Å²) in [6.45, 7) is 5.00. The van der Waals surface area contributed by atoms with Gasteiger partial charge >= 0.3 is 0 Å². The minimum Gasteiger partial charge on any atom is -0.355 e. The third-order valence-electron chi connectivity index (χ3n) is 3.58. The van der Waals surface area contributed by atoms with Crippen molar-refractivity contribution in [2.75, 3.05) is 4.72 Å². The zero-order chi connectivity index (χ0) is 18.2. The van der Waals surface area contributed by atoms with Gasteiger partial charge in [0.2, 0.25) is 0 Å². The summed E-state index contributed by atoms with van der Waals surface area (Å²) in [5, 5.41) is 3.82. The molecule has 0 unspecified atom stereocenters. The second kappa shape index (κ2) is 6.45. The zero-order valence-electron chi connectivity index (χ0n) is 13.9. The molecule has 1 aromatic carbocycles. The van der Waals surface area contributed by atoms with E-state index >= 15 is 0 Å². The van der Waals surface area contributed by atoms with Crippen LogP contribution in [0.1, 0.15) is 27.9 Å². The fraction of sp³-hybridized carbons (Fsp3) is 0.176. The first-order valence-electron chi connectivity index (χ1n) is 7.44. The second-order valence-electron chi connectivity index (χ2n) is 5.60. The topological polar surface area (TPSA) is 89.3 Å². The molecule has 0 aliphatic carbocycles. The molecule has 0 atom stereocenters. The number of sulfonamides is 1. The van der Waals surface area contributed by atoms with Crippen LogP contribution in [0.3, 0.4) is 0 Å². The van der Waals surface area contributed by atoms with Crippen LogP contribution in [0.15, 0.2) is 45.8 Å². The molecule has 2 aromatic heterocycles. The van der Waals surface area contributed by atoms with Crippen LogP contribution >= 0.6 is 11.3 Å². The summed E-state index contributed by atoms with van der Waals surface area (Å²) in [7, 11) is -3.74. The molecule has 6 nitrogen and oxygen atoms in total. The molecule has 0 bridgehead atoms. The smallest absolute Gasteiger partial charge is 0.263 e. The van der Waals surface area contributed by atoms with Gasteiger partial charge in [-0.2, -0.15) is 0 Å². The lowest BCUT2D eigenvalue weighted by Crippen LogP contribution is -2.13. The predicted molar refractivity (Wildman–Crippen MR) is 96.5 cm³/mol. The molecule has 0 aliphatic rings. The number of thiophene rings is 1. The molecule has 3 aromatic rings. The van der Waals surface area contributed by atoms with Gasteiger partial charge in [-0.3, -0.25) is 9.52 Å². The Kier molecular flexibility index (Phi) is 4.49. The molecule has 0 amide bonds. The number of nitrogens with one attached hydrogen (secondary N) is 1. The summed E-state index contributed by atoms with van der Waals surface area (Å²) < 4.78 is 33.1. The Morgan fingerprint density at radius 1 is 1.16 bits per heavy atom. The van der Waals surface area contributed by atoms with Crippen LogP contribution in [-0.4, -0.2) is 19.4 Å². The van der Waals surface area contributed by atoms with Crippen LogP contribution in [0.4, 0.5) is 5.69 Å². The Hall–Kier alpha value is -2.45. The molecule has 0 saturated carbocycles. The molecule has 130 valence electrons. The van der Waals surface area contributed by atoms with Crippen LogP contribution in [0, 0.1) is 13.8 Å². The van der Waals surface area contributed by atoms with Gasteiger partial charge in [0, 0.05) is 22.2 Å². The van der Waals surface area contributed by atoms with Gasteiger partial charge in [-0.25, -0.2) is 8.42 Å². The number of anilines is 1. The zero-order valence-corrected chi connectivity index (χ0v) is 15.5. The fourth-order valence-electron chi connectivity index (χ4n) is 2.32. The van der Waals surface area contributed by atoms with Crippen molar-refractivity contribution in [1.82, 2.24) is 5.16 Å². The Morgan fingerprint density at radius 3 is 2.40 bits per heavy atom. The molecule has 0 saturated heterocycles. The molecule has 1 N–H and O–H groups in total. The minimum absolute atomic E-state index is 0.0740. The number of carbonyl (C=O) groups excluding carboxylic acids is 1. The summed E-state index contributed by atoms with van der Waals surface area (Å²) in [5.74, 6) is 0.466. The molecular formula is C17H16N2O4S2. The van der Waals surface area contributed by atoms with Gasteiger partial charge in [-0.15, -0.1) is 11.3 Å². The van der Waals surface area contributed by atoms with E-state index in [4.69, 9.17) is 4.52 Å². The van der Waals surface area contributed by atoms with Crippen molar-refractivity contribution in [1.29, 1.82) is 0 Å². The molecule has 0 radical (unpaired) electrons. The second-order valence-corrected chi connectivity index (χ2v) is 8.51. The van der Waals surface area contributed by atoms with Gasteiger partial charge < -0.3 is 4.52 Å². The first-order valence-corrected chi connectivity index (χ1v) is 9.74. The van der Waals surface area contributed by atoms with E-state index in [0.29, 0.717) is 26.8 Å². The number of Topliss-reactive ketones (excluding diaryl/α,β-unsaturated/α-hetero) is 1. The van der Waals surface area contributed by atoms with Crippen LogP contribution < -0.4 is 4.72 Å². The molecular weight excluding hydrogens is 360 g/mol. The van der Waals surface area contributed by atoms with E-state index in [-0.39, 0.29) is 10.7 Å². The van der Waals surface area contributed by atoms with Crippen LogP contribution in [0.5, 0.6) is 0 Å². The Bertz CT molecular complexity index is 1030. The number of rotatable bonds is 5. The molecule has 0 spiro atoms. The third kappa shape index (κ3) is 3.64. The van der Waals surface area contributed by atoms with Crippen LogP contribution in [0.25, 0.3) is 10.6 Å². The van der Waals surface area contributed by atoms with Gasteiger partial charge in [0.15, 0.2) is 11.5 Å². The van der Waals surface area contributed by atoms with Crippen molar-refractivity contribution in [3.63, 3.8) is 0 Å². The van der Waals surface area contributed by atoms with E-state index < -0.39 is 10.0 Å². The SMILES string of the molecule is CC(=O)c1ccc(NS(=O)(=O)c2cc(-c3cc(C)no3)sc2C)cc1. The number of ketones is 1. The van der Waals surface area contributed by atoms with Gasteiger partial charge in [-0.05, 0) is 51.1 Å². The minimum atomic E-state index is -3.74. The number of aryl methyl sites for hydroxylation is 2. The number of aromatic nitrogens is 1. The highest BCUT2D eigenvalue weighted by molar-refractivity contribution is 7.93. The molecule has 3 rings (SSSR count). The third-order valence-corrected chi connectivity index (χ3v) is 6.28. The summed E-state index contributed by atoms with van der Waals surface area (Å²) >= 11 is 1.33. The van der Waals surface area contributed by atoms with Gasteiger partial charge in [0.05, 0.1) is 10.6 Å².